The molecule has 0 aliphatic carbocycles. The topological polar surface area (TPSA) is 21.3 Å². The van der Waals surface area contributed by atoms with Crippen molar-refractivity contribution in [2.75, 3.05) is 6.54 Å². The predicted octanol–water partition coefficient (Wildman–Crippen LogP) is 4.63. The van der Waals surface area contributed by atoms with Gasteiger partial charge in [0, 0.05) is 12.5 Å². The van der Waals surface area contributed by atoms with E-state index in [0.717, 1.165) is 18.7 Å². The Labute approximate surface area is 123 Å². The second-order valence-electron chi connectivity index (χ2n) is 6.55. The average Bonchev–Trinajstić information content (AvgIpc) is 2.71. The van der Waals surface area contributed by atoms with Gasteiger partial charge in [0.2, 0.25) is 0 Å². The number of hydrogen-bond donors (Lipinski definition) is 1. The Morgan fingerprint density at radius 3 is 2.75 bits per heavy atom. The highest BCUT2D eigenvalue weighted by Crippen LogP contribution is 2.36. The summed E-state index contributed by atoms with van der Waals surface area (Å²) in [6.07, 6.45) is 5.96. The molecule has 112 valence electrons. The van der Waals surface area contributed by atoms with Crippen LogP contribution in [-0.4, -0.2) is 12.1 Å². The van der Waals surface area contributed by atoms with Gasteiger partial charge in [-0.25, -0.2) is 0 Å². The van der Waals surface area contributed by atoms with Crippen molar-refractivity contribution < 1.29 is 4.74 Å². The Bertz CT molecular complexity index is 431. The van der Waals surface area contributed by atoms with E-state index >= 15 is 0 Å². The van der Waals surface area contributed by atoms with Crippen LogP contribution in [0.1, 0.15) is 70.5 Å². The lowest BCUT2D eigenvalue weighted by molar-refractivity contribution is 0.138. The van der Waals surface area contributed by atoms with Crippen molar-refractivity contribution in [3.63, 3.8) is 0 Å². The molecule has 1 aromatic carbocycles. The maximum absolute atomic E-state index is 5.97. The molecule has 0 radical (unpaired) electrons. The quantitative estimate of drug-likeness (QED) is 0.783. The van der Waals surface area contributed by atoms with Crippen LogP contribution in [0.4, 0.5) is 0 Å². The van der Waals surface area contributed by atoms with Crippen molar-refractivity contribution in [1.29, 1.82) is 0 Å². The molecule has 0 fully saturated rings. The third-order valence-corrected chi connectivity index (χ3v) is 3.98. The summed E-state index contributed by atoms with van der Waals surface area (Å²) in [4.78, 5) is 0. The minimum absolute atomic E-state index is 0.0449. The average molecular weight is 275 g/mol. The van der Waals surface area contributed by atoms with Crippen molar-refractivity contribution in [2.24, 2.45) is 0 Å². The third kappa shape index (κ3) is 3.76. The lowest BCUT2D eigenvalue weighted by Crippen LogP contribution is -2.24. The first-order valence-corrected chi connectivity index (χ1v) is 8.11. The number of ether oxygens (including phenoxy) is 1. The molecule has 1 atom stereocenters. The second-order valence-corrected chi connectivity index (χ2v) is 6.55. The van der Waals surface area contributed by atoms with Crippen LogP contribution < -0.4 is 10.1 Å². The molecule has 0 saturated carbocycles. The highest BCUT2D eigenvalue weighted by Gasteiger charge is 2.30. The maximum Gasteiger partial charge on any atom is 0.123 e. The lowest BCUT2D eigenvalue weighted by atomic mass is 9.95. The summed E-state index contributed by atoms with van der Waals surface area (Å²) in [7, 11) is 0. The first-order valence-electron chi connectivity index (χ1n) is 8.11. The number of hydrogen-bond acceptors (Lipinski definition) is 2. The fraction of sp³-hybridized carbons (Fsp3) is 0.667. The summed E-state index contributed by atoms with van der Waals surface area (Å²) in [5, 5.41) is 3.69. The van der Waals surface area contributed by atoms with Crippen molar-refractivity contribution in [3.05, 3.63) is 29.3 Å². The summed E-state index contributed by atoms with van der Waals surface area (Å²) in [6.45, 7) is 9.90. The molecular weight excluding hydrogens is 246 g/mol. The molecule has 1 unspecified atom stereocenters. The minimum atomic E-state index is -0.0449. The van der Waals surface area contributed by atoms with E-state index < -0.39 is 0 Å². The zero-order valence-electron chi connectivity index (χ0n) is 13.5. The van der Waals surface area contributed by atoms with Gasteiger partial charge in [0.05, 0.1) is 0 Å². The minimum Gasteiger partial charge on any atom is -0.487 e. The fourth-order valence-corrected chi connectivity index (χ4v) is 2.96. The van der Waals surface area contributed by atoms with Gasteiger partial charge in [-0.2, -0.15) is 0 Å². The van der Waals surface area contributed by atoms with Crippen molar-refractivity contribution in [3.8, 4) is 5.75 Å². The predicted molar refractivity (Wildman–Crippen MR) is 85.4 cm³/mol. The zero-order chi connectivity index (χ0) is 14.6. The maximum atomic E-state index is 5.97. The molecular formula is C18H29NO. The fourth-order valence-electron chi connectivity index (χ4n) is 2.96. The molecule has 1 aliphatic heterocycles. The first kappa shape index (κ1) is 15.4. The van der Waals surface area contributed by atoms with Crippen LogP contribution in [0.3, 0.4) is 0 Å². The van der Waals surface area contributed by atoms with Crippen LogP contribution >= 0.6 is 0 Å². The van der Waals surface area contributed by atoms with Crippen LogP contribution in [0.5, 0.6) is 5.75 Å². The van der Waals surface area contributed by atoms with Crippen LogP contribution in [0.25, 0.3) is 0 Å². The van der Waals surface area contributed by atoms with Crippen LogP contribution in [-0.2, 0) is 6.42 Å². The van der Waals surface area contributed by atoms with E-state index in [1.54, 1.807) is 0 Å². The van der Waals surface area contributed by atoms with Gasteiger partial charge in [-0.05, 0) is 50.4 Å². The molecule has 1 N–H and O–H groups in total. The third-order valence-electron chi connectivity index (χ3n) is 3.98. The summed E-state index contributed by atoms with van der Waals surface area (Å²) < 4.78 is 5.97. The van der Waals surface area contributed by atoms with Crippen molar-refractivity contribution in [1.82, 2.24) is 5.32 Å². The molecule has 0 saturated heterocycles. The van der Waals surface area contributed by atoms with Gasteiger partial charge in [0.25, 0.3) is 0 Å². The molecule has 0 bridgehead atoms. The normalized spacial score (nSPS) is 17.6. The SMILES string of the molecule is CCCCC(NCCC)c1ccc2c(c1)CC(C)(C)O2. The molecule has 0 spiro atoms. The zero-order valence-corrected chi connectivity index (χ0v) is 13.5. The molecule has 2 rings (SSSR count). The van der Waals surface area contributed by atoms with Gasteiger partial charge in [-0.15, -0.1) is 0 Å². The Morgan fingerprint density at radius 2 is 2.05 bits per heavy atom. The Balaban J connectivity index is 2.13. The molecule has 2 nitrogen and oxygen atoms in total. The monoisotopic (exact) mass is 275 g/mol. The van der Waals surface area contributed by atoms with E-state index in [0.29, 0.717) is 6.04 Å². The molecule has 0 aromatic heterocycles. The van der Waals surface area contributed by atoms with Crippen molar-refractivity contribution >= 4 is 0 Å². The molecule has 0 amide bonds. The van der Waals surface area contributed by atoms with E-state index in [4.69, 9.17) is 4.74 Å². The summed E-state index contributed by atoms with van der Waals surface area (Å²) >= 11 is 0. The van der Waals surface area contributed by atoms with E-state index in [2.05, 4.69) is 51.2 Å². The van der Waals surface area contributed by atoms with E-state index in [9.17, 15) is 0 Å². The molecule has 20 heavy (non-hydrogen) atoms. The Morgan fingerprint density at radius 1 is 1.25 bits per heavy atom. The van der Waals surface area contributed by atoms with Crippen LogP contribution in [0.2, 0.25) is 0 Å². The van der Waals surface area contributed by atoms with Crippen LogP contribution in [0, 0.1) is 0 Å². The summed E-state index contributed by atoms with van der Waals surface area (Å²) in [5.41, 5.74) is 2.75. The van der Waals surface area contributed by atoms with E-state index in [1.807, 2.05) is 0 Å². The number of benzene rings is 1. The van der Waals surface area contributed by atoms with E-state index in [1.165, 1.54) is 36.8 Å². The van der Waals surface area contributed by atoms with Gasteiger partial charge in [0.15, 0.2) is 0 Å². The standard InChI is InChI=1S/C18H29NO/c1-5-7-8-16(19-11-6-2)14-9-10-17-15(12-14)13-18(3,4)20-17/h9-10,12,16,19H,5-8,11,13H2,1-4H3. The Hall–Kier alpha value is -1.02. The van der Waals surface area contributed by atoms with Gasteiger partial charge in [0.1, 0.15) is 11.4 Å². The second kappa shape index (κ2) is 6.62. The number of rotatable bonds is 7. The van der Waals surface area contributed by atoms with Gasteiger partial charge in [-0.1, -0.05) is 38.8 Å². The summed E-state index contributed by atoms with van der Waals surface area (Å²) in [6, 6.07) is 7.24. The van der Waals surface area contributed by atoms with E-state index in [-0.39, 0.29) is 5.60 Å². The van der Waals surface area contributed by atoms with Gasteiger partial charge in [-0.3, -0.25) is 0 Å². The number of fused-ring (bicyclic) bond motifs is 1. The smallest absolute Gasteiger partial charge is 0.123 e. The molecule has 1 aromatic rings. The molecule has 2 heteroatoms. The lowest BCUT2D eigenvalue weighted by Gasteiger charge is -2.19. The van der Waals surface area contributed by atoms with Crippen LogP contribution in [0.15, 0.2) is 18.2 Å². The summed E-state index contributed by atoms with van der Waals surface area (Å²) in [5.74, 6) is 1.07. The van der Waals surface area contributed by atoms with Gasteiger partial charge < -0.3 is 10.1 Å². The number of unbranched alkanes of at least 4 members (excludes halogenated alkanes) is 1. The molecule has 1 heterocycles. The first-order chi connectivity index (χ1) is 9.55. The van der Waals surface area contributed by atoms with Crippen molar-refractivity contribution in [2.45, 2.75) is 71.4 Å². The van der Waals surface area contributed by atoms with Gasteiger partial charge >= 0.3 is 0 Å². The Kier molecular flexibility index (Phi) is 5.09. The number of nitrogens with one attached hydrogen (secondary N) is 1. The largest absolute Gasteiger partial charge is 0.487 e. The highest BCUT2D eigenvalue weighted by atomic mass is 16.5. The highest BCUT2D eigenvalue weighted by molar-refractivity contribution is 5.42. The molecule has 1 aliphatic rings.